The Balaban J connectivity index is 2.11. The molecule has 2 rings (SSSR count). The molecule has 0 aromatic heterocycles. The molecule has 0 unspecified atom stereocenters. The van der Waals surface area contributed by atoms with Crippen LogP contribution in [0.3, 0.4) is 0 Å². The van der Waals surface area contributed by atoms with Crippen molar-refractivity contribution in [3.63, 3.8) is 0 Å². The normalized spacial score (nSPS) is 21.9. The molecule has 0 saturated heterocycles. The van der Waals surface area contributed by atoms with E-state index in [0.717, 1.165) is 24.8 Å². The van der Waals surface area contributed by atoms with E-state index in [1.807, 2.05) is 18.2 Å². The lowest BCUT2D eigenvalue weighted by Gasteiger charge is -2.29. The van der Waals surface area contributed by atoms with Crippen molar-refractivity contribution in [2.24, 2.45) is 5.92 Å². The fourth-order valence-electron chi connectivity index (χ4n) is 3.17. The number of nitriles is 1. The zero-order valence-corrected chi connectivity index (χ0v) is 15.2. The van der Waals surface area contributed by atoms with Crippen molar-refractivity contribution in [3.8, 4) is 6.07 Å². The Morgan fingerprint density at radius 1 is 1.21 bits per heavy atom. The van der Waals surface area contributed by atoms with Crippen molar-refractivity contribution in [2.75, 3.05) is 0 Å². The lowest BCUT2D eigenvalue weighted by molar-refractivity contribution is -0.118. The number of rotatable bonds is 3. The van der Waals surface area contributed by atoms with Gasteiger partial charge in [0.1, 0.15) is 11.6 Å². The Kier molecular flexibility index (Phi) is 5.83. The first kappa shape index (κ1) is 18.3. The molecule has 0 bridgehead atoms. The average molecular weight is 324 g/mol. The van der Waals surface area contributed by atoms with Crippen LogP contribution in [0.4, 0.5) is 0 Å². The van der Waals surface area contributed by atoms with Crippen molar-refractivity contribution < 1.29 is 4.79 Å². The summed E-state index contributed by atoms with van der Waals surface area (Å²) in [5.41, 5.74) is 2.38. The van der Waals surface area contributed by atoms with Crippen LogP contribution in [0.25, 0.3) is 6.08 Å². The SMILES string of the molecule is C[C@H]1CCCC[C@H]1NC(=O)/C(C#N)=C/c1ccc(C(C)(C)C)cc1. The van der Waals surface area contributed by atoms with Gasteiger partial charge in [-0.2, -0.15) is 5.26 Å². The summed E-state index contributed by atoms with van der Waals surface area (Å²) in [5, 5.41) is 12.4. The minimum atomic E-state index is -0.254. The molecule has 1 amide bonds. The Morgan fingerprint density at radius 2 is 1.83 bits per heavy atom. The maximum absolute atomic E-state index is 12.4. The lowest BCUT2D eigenvalue weighted by atomic mass is 9.85. The van der Waals surface area contributed by atoms with Gasteiger partial charge in [0.25, 0.3) is 5.91 Å². The minimum Gasteiger partial charge on any atom is -0.348 e. The second-order valence-electron chi connectivity index (χ2n) is 7.88. The van der Waals surface area contributed by atoms with Crippen LogP contribution in [-0.4, -0.2) is 11.9 Å². The summed E-state index contributed by atoms with van der Waals surface area (Å²) >= 11 is 0. The zero-order chi connectivity index (χ0) is 17.7. The van der Waals surface area contributed by atoms with Crippen LogP contribution in [0.1, 0.15) is 64.5 Å². The number of hydrogen-bond donors (Lipinski definition) is 1. The van der Waals surface area contributed by atoms with Gasteiger partial charge in [-0.05, 0) is 41.4 Å². The maximum atomic E-state index is 12.4. The number of nitrogens with zero attached hydrogens (tertiary/aromatic N) is 1. The van der Waals surface area contributed by atoms with Crippen LogP contribution in [0.2, 0.25) is 0 Å². The van der Waals surface area contributed by atoms with E-state index in [-0.39, 0.29) is 22.9 Å². The number of nitrogens with one attached hydrogen (secondary N) is 1. The number of carbonyl (C=O) groups is 1. The molecule has 128 valence electrons. The van der Waals surface area contributed by atoms with Gasteiger partial charge >= 0.3 is 0 Å². The largest absolute Gasteiger partial charge is 0.348 e. The molecule has 1 aromatic rings. The Labute approximate surface area is 145 Å². The summed E-state index contributed by atoms with van der Waals surface area (Å²) in [5.74, 6) is 0.227. The number of benzene rings is 1. The van der Waals surface area contributed by atoms with Crippen molar-refractivity contribution in [1.29, 1.82) is 5.26 Å². The second kappa shape index (κ2) is 7.66. The van der Waals surface area contributed by atoms with E-state index < -0.39 is 0 Å². The van der Waals surface area contributed by atoms with E-state index in [9.17, 15) is 10.1 Å². The predicted octanol–water partition coefficient (Wildman–Crippen LogP) is 4.59. The van der Waals surface area contributed by atoms with Gasteiger partial charge in [-0.15, -0.1) is 0 Å². The van der Waals surface area contributed by atoms with Gasteiger partial charge in [-0.3, -0.25) is 4.79 Å². The van der Waals surface area contributed by atoms with Crippen LogP contribution < -0.4 is 5.32 Å². The Hall–Kier alpha value is -2.08. The molecule has 0 heterocycles. The van der Waals surface area contributed by atoms with Gasteiger partial charge in [0.2, 0.25) is 0 Å². The van der Waals surface area contributed by atoms with Crippen molar-refractivity contribution in [3.05, 3.63) is 41.0 Å². The molecule has 1 aliphatic carbocycles. The van der Waals surface area contributed by atoms with Crippen LogP contribution in [0.15, 0.2) is 29.8 Å². The minimum absolute atomic E-state index is 0.0921. The number of amides is 1. The van der Waals surface area contributed by atoms with Gasteiger partial charge in [0.15, 0.2) is 0 Å². The topological polar surface area (TPSA) is 52.9 Å². The maximum Gasteiger partial charge on any atom is 0.262 e. The zero-order valence-electron chi connectivity index (χ0n) is 15.2. The molecule has 2 atom stereocenters. The number of carbonyl (C=O) groups excluding carboxylic acids is 1. The van der Waals surface area contributed by atoms with E-state index in [1.165, 1.54) is 12.0 Å². The molecule has 0 radical (unpaired) electrons. The molecular formula is C21H28N2O. The number of hydrogen-bond acceptors (Lipinski definition) is 2. The van der Waals surface area contributed by atoms with Crippen molar-refractivity contribution in [1.82, 2.24) is 5.32 Å². The van der Waals surface area contributed by atoms with E-state index in [0.29, 0.717) is 5.92 Å². The molecule has 24 heavy (non-hydrogen) atoms. The third-order valence-electron chi connectivity index (χ3n) is 4.88. The summed E-state index contributed by atoms with van der Waals surface area (Å²) in [4.78, 5) is 12.4. The van der Waals surface area contributed by atoms with Gasteiger partial charge < -0.3 is 5.32 Å². The molecule has 0 aliphatic heterocycles. The Bertz CT molecular complexity index is 644. The van der Waals surface area contributed by atoms with Crippen molar-refractivity contribution in [2.45, 2.75) is 64.8 Å². The quantitative estimate of drug-likeness (QED) is 0.653. The summed E-state index contributed by atoms with van der Waals surface area (Å²) in [7, 11) is 0. The highest BCUT2D eigenvalue weighted by atomic mass is 16.1. The van der Waals surface area contributed by atoms with Gasteiger partial charge in [0.05, 0.1) is 0 Å². The molecule has 1 fully saturated rings. The van der Waals surface area contributed by atoms with E-state index in [1.54, 1.807) is 6.08 Å². The van der Waals surface area contributed by atoms with Crippen LogP contribution in [-0.2, 0) is 10.2 Å². The first-order valence-electron chi connectivity index (χ1n) is 8.84. The van der Waals surface area contributed by atoms with E-state index >= 15 is 0 Å². The fraction of sp³-hybridized carbons (Fsp3) is 0.524. The van der Waals surface area contributed by atoms with Gasteiger partial charge in [-0.25, -0.2) is 0 Å². The molecule has 3 nitrogen and oxygen atoms in total. The summed E-state index contributed by atoms with van der Waals surface area (Å²) < 4.78 is 0. The fourth-order valence-corrected chi connectivity index (χ4v) is 3.17. The monoisotopic (exact) mass is 324 g/mol. The average Bonchev–Trinajstić information content (AvgIpc) is 2.54. The molecule has 1 N–H and O–H groups in total. The summed E-state index contributed by atoms with van der Waals surface area (Å²) in [6.45, 7) is 8.66. The third kappa shape index (κ3) is 4.71. The van der Waals surface area contributed by atoms with Crippen LogP contribution >= 0.6 is 0 Å². The third-order valence-corrected chi connectivity index (χ3v) is 4.88. The highest BCUT2D eigenvalue weighted by Gasteiger charge is 2.24. The second-order valence-corrected chi connectivity index (χ2v) is 7.88. The first-order chi connectivity index (χ1) is 11.3. The predicted molar refractivity (Wildman–Crippen MR) is 98.3 cm³/mol. The van der Waals surface area contributed by atoms with Gasteiger partial charge in [0, 0.05) is 6.04 Å². The standard InChI is InChI=1S/C21H28N2O/c1-15-7-5-6-8-19(15)23-20(24)17(14-22)13-16-9-11-18(12-10-16)21(2,3)4/h9-13,15,19H,5-8H2,1-4H3,(H,23,24)/b17-13+/t15-,19+/m0/s1. The summed E-state index contributed by atoms with van der Waals surface area (Å²) in [6.07, 6.45) is 6.20. The van der Waals surface area contributed by atoms with E-state index in [2.05, 4.69) is 45.1 Å². The first-order valence-corrected chi connectivity index (χ1v) is 8.84. The van der Waals surface area contributed by atoms with E-state index in [4.69, 9.17) is 0 Å². The van der Waals surface area contributed by atoms with Crippen LogP contribution in [0.5, 0.6) is 0 Å². The lowest BCUT2D eigenvalue weighted by Crippen LogP contribution is -2.41. The van der Waals surface area contributed by atoms with Crippen LogP contribution in [0, 0.1) is 17.2 Å². The molecule has 3 heteroatoms. The molecule has 1 aromatic carbocycles. The van der Waals surface area contributed by atoms with Crippen molar-refractivity contribution >= 4 is 12.0 Å². The highest BCUT2D eigenvalue weighted by molar-refractivity contribution is 6.01. The molecule has 1 aliphatic rings. The highest BCUT2D eigenvalue weighted by Crippen LogP contribution is 2.25. The smallest absolute Gasteiger partial charge is 0.262 e. The molecule has 0 spiro atoms. The molecule has 1 saturated carbocycles. The molecular weight excluding hydrogens is 296 g/mol. The Morgan fingerprint density at radius 3 is 2.38 bits per heavy atom. The van der Waals surface area contributed by atoms with Gasteiger partial charge in [-0.1, -0.05) is 64.8 Å². The summed E-state index contributed by atoms with van der Waals surface area (Å²) in [6, 6.07) is 10.3.